The van der Waals surface area contributed by atoms with E-state index >= 15 is 0 Å². The van der Waals surface area contributed by atoms with Gasteiger partial charge in [-0.15, -0.1) is 0 Å². The first-order valence-corrected chi connectivity index (χ1v) is 14.0. The molecule has 3 saturated carbocycles. The maximum atomic E-state index is 14.3. The van der Waals surface area contributed by atoms with Crippen molar-refractivity contribution >= 4 is 29.4 Å². The minimum Gasteiger partial charge on any atom is -0.481 e. The highest BCUT2D eigenvalue weighted by Gasteiger charge is 2.73. The Morgan fingerprint density at radius 2 is 1.76 bits per heavy atom. The lowest BCUT2D eigenvalue weighted by molar-refractivity contribution is -0.194. The molecule has 7 rings (SSSR count). The second kappa shape index (κ2) is 8.03. The number of anilines is 1. The molecule has 1 aromatic carbocycles. The largest absolute Gasteiger partial charge is 0.481 e. The van der Waals surface area contributed by atoms with E-state index in [-0.39, 0.29) is 46.5 Å². The summed E-state index contributed by atoms with van der Waals surface area (Å²) in [5.74, 6) is -2.89. The molecule has 0 aromatic heterocycles. The Hall–Kier alpha value is -2.96. The van der Waals surface area contributed by atoms with Crippen molar-refractivity contribution in [2.24, 2.45) is 51.8 Å². The first-order valence-electron chi connectivity index (χ1n) is 14.0. The summed E-state index contributed by atoms with van der Waals surface area (Å²) in [6.45, 7) is 8.48. The quantitative estimate of drug-likeness (QED) is 0.407. The minimum absolute atomic E-state index is 0.0288. The van der Waals surface area contributed by atoms with Crippen molar-refractivity contribution in [3.8, 4) is 0 Å². The van der Waals surface area contributed by atoms with Crippen LogP contribution in [-0.2, 0) is 14.4 Å². The minimum atomic E-state index is -1.10. The van der Waals surface area contributed by atoms with E-state index in [4.69, 9.17) is 0 Å². The molecule has 2 N–H and O–H groups in total. The number of carbonyl (C=O) groups is 4. The predicted molar refractivity (Wildman–Crippen MR) is 140 cm³/mol. The molecule has 4 fully saturated rings. The second-order valence-corrected chi connectivity index (χ2v) is 13.4. The van der Waals surface area contributed by atoms with Gasteiger partial charge in [0.25, 0.3) is 0 Å². The van der Waals surface area contributed by atoms with Crippen LogP contribution in [0.1, 0.15) is 76.6 Å². The number of benzene rings is 1. The van der Waals surface area contributed by atoms with Crippen molar-refractivity contribution < 1.29 is 29.4 Å². The maximum Gasteiger partial charge on any atom is 0.335 e. The molecule has 5 aliphatic carbocycles. The van der Waals surface area contributed by atoms with Gasteiger partial charge in [0.15, 0.2) is 0 Å². The number of carboxylic acid groups (broad SMARTS) is 2. The molecule has 202 valence electrons. The fourth-order valence-corrected chi connectivity index (χ4v) is 9.99. The normalized spacial score (nSPS) is 41.4. The lowest BCUT2D eigenvalue weighted by Crippen LogP contribution is -2.65. The average Bonchev–Trinajstić information content (AvgIpc) is 3.15. The molecule has 1 heterocycles. The zero-order valence-electron chi connectivity index (χ0n) is 22.6. The third kappa shape index (κ3) is 3.02. The van der Waals surface area contributed by atoms with Crippen LogP contribution in [0.3, 0.4) is 0 Å². The Labute approximate surface area is 223 Å². The number of carboxylic acids is 2. The number of hydrogen-bond acceptors (Lipinski definition) is 4. The molecule has 1 aliphatic heterocycles. The van der Waals surface area contributed by atoms with E-state index in [1.54, 1.807) is 12.1 Å². The Balaban J connectivity index is 1.48. The molecule has 0 radical (unpaired) electrons. The molecule has 38 heavy (non-hydrogen) atoms. The van der Waals surface area contributed by atoms with Gasteiger partial charge in [0.1, 0.15) is 0 Å². The molecule has 2 amide bonds. The molecule has 7 nitrogen and oxygen atoms in total. The highest BCUT2D eigenvalue weighted by Crippen LogP contribution is 2.74. The van der Waals surface area contributed by atoms with Gasteiger partial charge in [-0.1, -0.05) is 44.9 Å². The number of rotatable bonds is 4. The van der Waals surface area contributed by atoms with Crippen LogP contribution in [0.25, 0.3) is 0 Å². The topological polar surface area (TPSA) is 112 Å². The summed E-state index contributed by atoms with van der Waals surface area (Å²) >= 11 is 0. The van der Waals surface area contributed by atoms with Gasteiger partial charge in [-0.3, -0.25) is 14.4 Å². The lowest BCUT2D eigenvalue weighted by Gasteiger charge is -2.68. The van der Waals surface area contributed by atoms with Gasteiger partial charge in [0.2, 0.25) is 11.8 Å². The highest BCUT2D eigenvalue weighted by molar-refractivity contribution is 6.23. The van der Waals surface area contributed by atoms with Gasteiger partial charge in [-0.25, -0.2) is 9.69 Å². The summed E-state index contributed by atoms with van der Waals surface area (Å²) in [4.78, 5) is 53.8. The van der Waals surface area contributed by atoms with Gasteiger partial charge >= 0.3 is 11.9 Å². The summed E-state index contributed by atoms with van der Waals surface area (Å²) < 4.78 is 0. The van der Waals surface area contributed by atoms with Gasteiger partial charge < -0.3 is 10.2 Å². The number of amides is 2. The fraction of sp³-hybridized carbons (Fsp3) is 0.613. The molecule has 1 spiro atoms. The number of aromatic carboxylic acids is 1. The van der Waals surface area contributed by atoms with Crippen molar-refractivity contribution in [3.05, 3.63) is 41.5 Å². The molecular formula is C31H37NO6. The summed E-state index contributed by atoms with van der Waals surface area (Å²) in [5, 5.41) is 19.8. The molecule has 1 saturated heterocycles. The van der Waals surface area contributed by atoms with Crippen molar-refractivity contribution in [3.63, 3.8) is 0 Å². The van der Waals surface area contributed by atoms with Crippen molar-refractivity contribution in [1.29, 1.82) is 0 Å². The van der Waals surface area contributed by atoms with E-state index in [1.165, 1.54) is 22.6 Å². The third-order valence-corrected chi connectivity index (χ3v) is 11.5. The Morgan fingerprint density at radius 1 is 1.03 bits per heavy atom. The number of aliphatic carboxylic acids is 1. The van der Waals surface area contributed by atoms with Gasteiger partial charge in [0, 0.05) is 5.41 Å². The third-order valence-electron chi connectivity index (χ3n) is 11.5. The van der Waals surface area contributed by atoms with Crippen LogP contribution in [0.15, 0.2) is 35.9 Å². The van der Waals surface area contributed by atoms with Crippen LogP contribution in [0.2, 0.25) is 0 Å². The first kappa shape index (κ1) is 25.3. The Kier molecular flexibility index (Phi) is 5.35. The number of fused-ring (bicyclic) bond motifs is 1. The standard InChI is InChI=1S/C31H37NO6/c1-16(2)20-15-31-12-9-21-29(3,10-6-11-30(21,4)28(37)38)22(31)14-19(20)23-24(31)26(34)32(25(23)33)18-8-5-7-17(13-18)27(35)36/h5,7-8,13,15-16,19,21-24H,6,9-12,14H2,1-4H3,(H,35,36)(H,37,38)/t19-,21+,22-,23+,24-,29-,30+,31+/m0/s1. The van der Waals surface area contributed by atoms with Gasteiger partial charge in [-0.2, -0.15) is 0 Å². The van der Waals surface area contributed by atoms with Crippen LogP contribution in [0, 0.1) is 51.8 Å². The number of allylic oxidation sites excluding steroid dienone is 2. The zero-order chi connectivity index (χ0) is 27.4. The van der Waals surface area contributed by atoms with E-state index in [0.717, 1.165) is 25.7 Å². The molecule has 6 aliphatic rings. The number of hydrogen-bond donors (Lipinski definition) is 2. The van der Waals surface area contributed by atoms with Crippen LogP contribution in [-0.4, -0.2) is 34.0 Å². The van der Waals surface area contributed by atoms with Crippen LogP contribution >= 0.6 is 0 Å². The molecule has 1 aromatic rings. The summed E-state index contributed by atoms with van der Waals surface area (Å²) in [6, 6.07) is 6.10. The Morgan fingerprint density at radius 3 is 2.42 bits per heavy atom. The van der Waals surface area contributed by atoms with Crippen molar-refractivity contribution in [2.45, 2.75) is 66.2 Å². The molecule has 8 atom stereocenters. The number of carbonyl (C=O) groups excluding carboxylic acids is 2. The van der Waals surface area contributed by atoms with Crippen molar-refractivity contribution in [1.82, 2.24) is 0 Å². The van der Waals surface area contributed by atoms with E-state index in [9.17, 15) is 29.4 Å². The SMILES string of the molecule is CC(C)C1=C[C@]23CC[C@@H]4[C@](C)(CCC[C@@]4(C)C(=O)O)[C@@H]2C[C@@H]1[C@H]1C(=O)N(c2cccc(C(=O)O)c2)C(=O)[C@H]13. The molecular weight excluding hydrogens is 482 g/mol. The Bertz CT molecular complexity index is 1300. The molecule has 2 bridgehead atoms. The van der Waals surface area contributed by atoms with E-state index in [0.29, 0.717) is 18.5 Å². The average molecular weight is 520 g/mol. The monoisotopic (exact) mass is 519 g/mol. The van der Waals surface area contributed by atoms with Crippen LogP contribution in [0.4, 0.5) is 5.69 Å². The fourth-order valence-electron chi connectivity index (χ4n) is 9.99. The second-order valence-electron chi connectivity index (χ2n) is 13.4. The van der Waals surface area contributed by atoms with Crippen LogP contribution < -0.4 is 4.90 Å². The smallest absolute Gasteiger partial charge is 0.335 e. The summed E-state index contributed by atoms with van der Waals surface area (Å²) in [5.41, 5.74) is 0.112. The molecule has 0 unspecified atom stereocenters. The highest BCUT2D eigenvalue weighted by atomic mass is 16.4. The van der Waals surface area contributed by atoms with Gasteiger partial charge in [0.05, 0.1) is 28.5 Å². The number of nitrogens with zero attached hydrogens (tertiary/aromatic N) is 1. The first-order chi connectivity index (χ1) is 17.9. The predicted octanol–water partition coefficient (Wildman–Crippen LogP) is 5.40. The summed E-state index contributed by atoms with van der Waals surface area (Å²) in [6.07, 6.45) is 7.05. The van der Waals surface area contributed by atoms with E-state index < -0.39 is 34.6 Å². The lowest BCUT2D eigenvalue weighted by atomic mass is 9.34. The number of imide groups is 1. The molecule has 7 heteroatoms. The van der Waals surface area contributed by atoms with E-state index in [2.05, 4.69) is 26.8 Å². The van der Waals surface area contributed by atoms with Crippen molar-refractivity contribution in [2.75, 3.05) is 4.90 Å². The van der Waals surface area contributed by atoms with E-state index in [1.807, 2.05) is 6.92 Å². The van der Waals surface area contributed by atoms with Crippen LogP contribution in [0.5, 0.6) is 0 Å². The van der Waals surface area contributed by atoms with Gasteiger partial charge in [-0.05, 0) is 86.3 Å². The zero-order valence-corrected chi connectivity index (χ0v) is 22.6. The summed E-state index contributed by atoms with van der Waals surface area (Å²) in [7, 11) is 0. The maximum absolute atomic E-state index is 14.3.